The van der Waals surface area contributed by atoms with Crippen molar-refractivity contribution in [2.75, 3.05) is 91.7 Å². The van der Waals surface area contributed by atoms with Crippen molar-refractivity contribution in [2.45, 2.75) is 6.92 Å². The first-order chi connectivity index (χ1) is 17.3. The zero-order valence-corrected chi connectivity index (χ0v) is 51.3. The van der Waals surface area contributed by atoms with E-state index >= 15 is 0 Å². The van der Waals surface area contributed by atoms with Gasteiger partial charge in [-0.2, -0.15) is 6.41 Å². The topological polar surface area (TPSA) is 218 Å². The van der Waals surface area contributed by atoms with Gasteiger partial charge in [-0.15, -0.1) is 21.1 Å². The molecule has 17 nitrogen and oxygen atoms in total. The van der Waals surface area contributed by atoms with Gasteiger partial charge < -0.3 is 110 Å². The molecule has 0 aliphatic heterocycles. The molecule has 6 radical (unpaired) electrons. The number of carbonyl (C=O) groups excluding carboxylic acids is 6. The van der Waals surface area contributed by atoms with Crippen LogP contribution in [0.4, 0.5) is 14.4 Å². The van der Waals surface area contributed by atoms with Crippen LogP contribution in [0.1, 0.15) is 6.92 Å². The van der Waals surface area contributed by atoms with Crippen LogP contribution in [0, 0.1) is 44.6 Å². The summed E-state index contributed by atoms with van der Waals surface area (Å²) < 4.78 is 4.09. The van der Waals surface area contributed by atoms with Crippen molar-refractivity contribution in [3.63, 3.8) is 0 Å². The minimum atomic E-state index is -0.907. The van der Waals surface area contributed by atoms with E-state index in [0.717, 1.165) is 4.90 Å². The van der Waals surface area contributed by atoms with Crippen LogP contribution in [0.2, 0.25) is 0 Å². The van der Waals surface area contributed by atoms with E-state index in [-0.39, 0.29) is 253 Å². The predicted octanol–water partition coefficient (Wildman–Crippen LogP) is 4.10. The molecular weight excluding hydrogens is 1110 g/mol. The van der Waals surface area contributed by atoms with E-state index in [4.69, 9.17) is 5.11 Å². The third-order valence-corrected chi connectivity index (χ3v) is 2.60. The van der Waals surface area contributed by atoms with Crippen LogP contribution in [0.25, 0.3) is 21.3 Å². The number of carbonyl (C=O) groups is 6. The number of ether oxygens (including phenoxy) is 1. The standard InChI is InChI=1S/C5H10N2O2.C4H10N2O.2C3H7NO2.C3H6NO.C3H7NO.6CH3.6Y/c1-6-4(8)5(9)7(2)3;1-5-4(7)6(2)3;1-4-3(5)6-2;1-4(2)3(5)6;1-4(2)3-5;1-3(5)4-2;;;;;;;;;;;;/h1-3H3,(H,6,8);1-3H3,(H,5,7);1-2H3,(H,4,5);1-2H3,(H,5,6);1-2H3;1-2H3,(H,4,5);6*1H3;;;;;;/q;;;;-1;;6*-1;;;;;;/p-4. The van der Waals surface area contributed by atoms with Crippen LogP contribution in [0.5, 0.6) is 0 Å². The van der Waals surface area contributed by atoms with Gasteiger partial charge in [0.15, 0.2) is 6.03 Å². The molecule has 50 heavy (non-hydrogen) atoms. The molecule has 0 rings (SSSR count). The summed E-state index contributed by atoms with van der Waals surface area (Å²) in [6.45, 7) is 1.42. The van der Waals surface area contributed by atoms with Crippen LogP contribution in [-0.4, -0.2) is 159 Å². The maximum Gasteiger partial charge on any atom is 0.406 e. The zero-order chi connectivity index (χ0) is 32.0. The second kappa shape index (κ2) is 88.5. The molecule has 0 aromatic carbocycles. The van der Waals surface area contributed by atoms with Gasteiger partial charge in [0, 0.05) is 230 Å². The van der Waals surface area contributed by atoms with E-state index in [1.54, 1.807) is 34.6 Å². The molecule has 0 heterocycles. The Balaban J connectivity index is -0.0000000148. The van der Waals surface area contributed by atoms with Gasteiger partial charge in [0.05, 0.1) is 7.11 Å². The van der Waals surface area contributed by atoms with Gasteiger partial charge >= 0.3 is 6.09 Å². The van der Waals surface area contributed by atoms with Crippen LogP contribution in [0.3, 0.4) is 0 Å². The predicted molar refractivity (Wildman–Crippen MR) is 183 cm³/mol. The van der Waals surface area contributed by atoms with Gasteiger partial charge in [-0.05, 0) is 21.0 Å². The Morgan fingerprint density at radius 1 is 0.560 bits per heavy atom. The molecule has 0 saturated carbocycles. The number of amides is 8. The number of hydrogen-bond donors (Lipinski definition) is 1. The second-order valence-electron chi connectivity index (χ2n) is 6.73. The van der Waals surface area contributed by atoms with E-state index in [1.807, 2.05) is 0 Å². The van der Waals surface area contributed by atoms with Crippen LogP contribution < -0.4 is 0 Å². The summed E-state index contributed by atoms with van der Waals surface area (Å²) in [7, 11) is 19.5. The van der Waals surface area contributed by atoms with Gasteiger partial charge in [-0.3, -0.25) is 14.4 Å². The third kappa shape index (κ3) is 133. The smallest absolute Gasteiger partial charge is 0.406 e. The summed E-state index contributed by atoms with van der Waals surface area (Å²) in [4.78, 5) is 74.6. The SMILES string of the molecule is CN(C)C(=O)O.CN(C)[C-]=O.C[N-]C(=O)C(=O)N(C)C.C[N-]C(=O)N(C)C.C[N-]C(=O)OC.C[N-]C(C)=O.[CH3-].[CH3-].[CH3-].[CH3-].[CH3-].[CH3-].[Y].[Y].[Y].[Y].[Y].[Y]. The Morgan fingerprint density at radius 3 is 0.840 bits per heavy atom. The van der Waals surface area contributed by atoms with Crippen molar-refractivity contribution in [1.29, 1.82) is 0 Å². The van der Waals surface area contributed by atoms with Gasteiger partial charge in [-0.25, -0.2) is 4.79 Å². The van der Waals surface area contributed by atoms with Crippen molar-refractivity contribution in [3.05, 3.63) is 65.8 Å². The molecule has 1 N–H and O–H groups in total. The van der Waals surface area contributed by atoms with Crippen molar-refractivity contribution in [3.8, 4) is 0 Å². The minimum absolute atomic E-state index is 0. The maximum absolute atomic E-state index is 10.6. The summed E-state index contributed by atoms with van der Waals surface area (Å²) in [5.41, 5.74) is 0. The largest absolute Gasteiger partial charge is 0.656 e. The van der Waals surface area contributed by atoms with Crippen LogP contribution in [-0.2, 0) is 220 Å². The second-order valence-corrected chi connectivity index (χ2v) is 6.73. The van der Waals surface area contributed by atoms with E-state index < -0.39 is 24.0 Å². The summed E-state index contributed by atoms with van der Waals surface area (Å²) in [6, 6.07) is -0.194. The Morgan fingerprint density at radius 2 is 0.820 bits per heavy atom. The number of urea groups is 1. The fourth-order valence-electron chi connectivity index (χ4n) is 0.578. The van der Waals surface area contributed by atoms with Crippen molar-refractivity contribution < 1.29 is 240 Å². The van der Waals surface area contributed by atoms with Gasteiger partial charge in [0.25, 0.3) is 5.91 Å². The average molecular weight is 1180 g/mol. The molecule has 0 aromatic heterocycles. The fraction of sp³-hybridized carbons (Fsp3) is 0.519. The molecule has 8 amide bonds. The van der Waals surface area contributed by atoms with Gasteiger partial charge in [-0.1, -0.05) is 21.1 Å². The molecule has 0 spiro atoms. The van der Waals surface area contributed by atoms with Gasteiger partial charge in [0.2, 0.25) is 6.09 Å². The molecule has 0 saturated heterocycles. The molecule has 0 aliphatic carbocycles. The number of nitrogens with zero attached hydrogens (tertiary/aromatic N) is 8. The monoisotopic (exact) mass is 1170 g/mol. The number of hydrogen-bond acceptors (Lipinski definition) is 8. The Hall–Kier alpha value is 2.31. The van der Waals surface area contributed by atoms with Gasteiger partial charge in [0.1, 0.15) is 5.91 Å². The summed E-state index contributed by atoms with van der Waals surface area (Å²) >= 11 is 0. The number of likely N-dealkylation sites (N-methyl/N-ethyl adjacent to an activating group) is 2. The molecule has 0 bridgehead atoms. The summed E-state index contributed by atoms with van der Waals surface area (Å²) in [6.07, 6.45) is 0.171. The van der Waals surface area contributed by atoms with E-state index in [2.05, 4.69) is 26.0 Å². The van der Waals surface area contributed by atoms with Crippen molar-refractivity contribution in [1.82, 2.24) is 19.6 Å². The maximum atomic E-state index is 10.6. The zero-order valence-electron chi connectivity index (χ0n) is 34.3. The first kappa shape index (κ1) is 117. The normalized spacial score (nSPS) is 5.72. The summed E-state index contributed by atoms with van der Waals surface area (Å²) in [5.74, 6) is -1.41. The van der Waals surface area contributed by atoms with Crippen LogP contribution >= 0.6 is 0 Å². The quantitative estimate of drug-likeness (QED) is 0.227. The summed E-state index contributed by atoms with van der Waals surface area (Å²) in [5, 5.41) is 20.9. The van der Waals surface area contributed by atoms with Crippen molar-refractivity contribution in [2.24, 2.45) is 0 Å². The first-order valence-electron chi connectivity index (χ1n) is 10.2. The number of carboxylic acid groups (broad SMARTS) is 1. The third-order valence-electron chi connectivity index (χ3n) is 2.60. The molecule has 0 aliphatic rings. The fourth-order valence-corrected chi connectivity index (χ4v) is 0.578. The Bertz CT molecular complexity index is 694. The molecule has 0 unspecified atom stereocenters. The first-order valence-corrected chi connectivity index (χ1v) is 10.2. The Labute approximate surface area is 458 Å². The number of rotatable bonds is 1. The molecule has 0 aromatic rings. The molecule has 23 heteroatoms. The van der Waals surface area contributed by atoms with E-state index in [1.165, 1.54) is 85.1 Å². The number of methoxy groups -OCH3 is 1. The Kier molecular flexibility index (Phi) is 207. The van der Waals surface area contributed by atoms with Crippen LogP contribution in [0.15, 0.2) is 0 Å². The van der Waals surface area contributed by atoms with E-state index in [9.17, 15) is 33.6 Å². The minimum Gasteiger partial charge on any atom is -0.656 e. The molecule has 292 valence electrons. The average Bonchev–Trinajstić information content (AvgIpc) is 2.87. The molecular formula is C27H61N8O9Y6-11. The molecule has 0 atom stereocenters. The molecule has 0 fully saturated rings. The van der Waals surface area contributed by atoms with E-state index in [0.29, 0.717) is 0 Å². The van der Waals surface area contributed by atoms with Crippen molar-refractivity contribution >= 4 is 42.3 Å².